The Morgan fingerprint density at radius 1 is 1.18 bits per heavy atom. The van der Waals surface area contributed by atoms with Gasteiger partial charge in [0.25, 0.3) is 0 Å². The van der Waals surface area contributed by atoms with Gasteiger partial charge < -0.3 is 9.84 Å². The maximum absolute atomic E-state index is 9.95. The van der Waals surface area contributed by atoms with Crippen LogP contribution in [0.25, 0.3) is 0 Å². The van der Waals surface area contributed by atoms with Crippen molar-refractivity contribution in [2.75, 3.05) is 6.61 Å². The Hall–Kier alpha value is -1.18. The molecule has 2 heteroatoms. The van der Waals surface area contributed by atoms with Crippen LogP contribution in [0.4, 0.5) is 0 Å². The summed E-state index contributed by atoms with van der Waals surface area (Å²) in [4.78, 5) is 0. The number of phenolic OH excluding ortho intramolecular Hbond substituents is 1. The van der Waals surface area contributed by atoms with Crippen LogP contribution in [-0.2, 0) is 12.8 Å². The Morgan fingerprint density at radius 2 is 1.76 bits per heavy atom. The summed E-state index contributed by atoms with van der Waals surface area (Å²) in [5.41, 5.74) is 3.21. The maximum atomic E-state index is 9.95. The summed E-state index contributed by atoms with van der Waals surface area (Å²) in [7, 11) is 0. The molecule has 0 bridgehead atoms. The summed E-state index contributed by atoms with van der Waals surface area (Å²) in [5.74, 6) is 1.88. The van der Waals surface area contributed by atoms with Crippen LogP contribution in [0, 0.1) is 12.8 Å². The fourth-order valence-corrected chi connectivity index (χ4v) is 2.11. The van der Waals surface area contributed by atoms with Crippen molar-refractivity contribution in [1.82, 2.24) is 0 Å². The van der Waals surface area contributed by atoms with E-state index in [1.165, 1.54) is 0 Å². The van der Waals surface area contributed by atoms with E-state index in [4.69, 9.17) is 4.74 Å². The van der Waals surface area contributed by atoms with Crippen molar-refractivity contribution in [3.8, 4) is 11.5 Å². The number of hydrogen-bond donors (Lipinski definition) is 1. The molecule has 0 spiro atoms. The largest absolute Gasteiger partial charge is 0.508 e. The first-order chi connectivity index (χ1) is 8.01. The minimum absolute atomic E-state index is 0.402. The molecular formula is C15H24O2. The van der Waals surface area contributed by atoms with Crippen LogP contribution in [0.3, 0.4) is 0 Å². The number of phenols is 1. The number of rotatable bonds is 5. The lowest BCUT2D eigenvalue weighted by molar-refractivity contribution is 0.266. The van der Waals surface area contributed by atoms with Gasteiger partial charge in [0, 0.05) is 11.1 Å². The molecule has 0 aromatic heterocycles. The van der Waals surface area contributed by atoms with Crippen LogP contribution in [-0.4, -0.2) is 11.7 Å². The van der Waals surface area contributed by atoms with Gasteiger partial charge in [-0.1, -0.05) is 27.7 Å². The number of hydrogen-bond acceptors (Lipinski definition) is 2. The normalized spacial score (nSPS) is 10.9. The lowest BCUT2D eigenvalue weighted by atomic mass is 9.97. The van der Waals surface area contributed by atoms with Crippen molar-refractivity contribution in [3.63, 3.8) is 0 Å². The fourth-order valence-electron chi connectivity index (χ4n) is 2.11. The van der Waals surface area contributed by atoms with E-state index in [-0.39, 0.29) is 0 Å². The van der Waals surface area contributed by atoms with E-state index in [9.17, 15) is 5.11 Å². The Labute approximate surface area is 105 Å². The minimum Gasteiger partial charge on any atom is -0.508 e. The molecule has 0 saturated carbocycles. The quantitative estimate of drug-likeness (QED) is 0.841. The van der Waals surface area contributed by atoms with Crippen molar-refractivity contribution in [1.29, 1.82) is 0 Å². The molecule has 0 amide bonds. The molecule has 17 heavy (non-hydrogen) atoms. The summed E-state index contributed by atoms with van der Waals surface area (Å²) in [6, 6.07) is 1.81. The molecular weight excluding hydrogens is 212 g/mol. The van der Waals surface area contributed by atoms with Crippen molar-refractivity contribution in [2.45, 2.75) is 47.5 Å². The van der Waals surface area contributed by atoms with Crippen molar-refractivity contribution < 1.29 is 9.84 Å². The van der Waals surface area contributed by atoms with Crippen LogP contribution in [0.2, 0.25) is 0 Å². The lowest BCUT2D eigenvalue weighted by Crippen LogP contribution is -2.08. The van der Waals surface area contributed by atoms with Gasteiger partial charge in [0.1, 0.15) is 11.5 Å². The average Bonchev–Trinajstić information content (AvgIpc) is 2.26. The first-order valence-electron chi connectivity index (χ1n) is 6.48. The first kappa shape index (κ1) is 13.9. The molecule has 0 aliphatic rings. The predicted octanol–water partition coefficient (Wildman–Crippen LogP) is 3.86. The summed E-state index contributed by atoms with van der Waals surface area (Å²) in [6.07, 6.45) is 1.74. The molecule has 1 N–H and O–H groups in total. The number of aryl methyl sites for hydroxylation is 1. The second-order valence-electron chi connectivity index (χ2n) is 4.91. The van der Waals surface area contributed by atoms with Crippen LogP contribution in [0.15, 0.2) is 6.07 Å². The molecule has 0 heterocycles. The third-order valence-electron chi connectivity index (χ3n) is 2.93. The van der Waals surface area contributed by atoms with Gasteiger partial charge >= 0.3 is 0 Å². The van der Waals surface area contributed by atoms with Crippen LogP contribution >= 0.6 is 0 Å². The van der Waals surface area contributed by atoms with Crippen molar-refractivity contribution in [2.24, 2.45) is 5.92 Å². The van der Waals surface area contributed by atoms with Crippen LogP contribution in [0.5, 0.6) is 11.5 Å². The van der Waals surface area contributed by atoms with Gasteiger partial charge in [0.05, 0.1) is 6.61 Å². The summed E-state index contributed by atoms with van der Waals surface area (Å²) in [5, 5.41) is 9.95. The van der Waals surface area contributed by atoms with Gasteiger partial charge in [0.2, 0.25) is 0 Å². The zero-order chi connectivity index (χ0) is 13.0. The molecule has 0 saturated heterocycles. The number of ether oxygens (including phenoxy) is 1. The van der Waals surface area contributed by atoms with Crippen molar-refractivity contribution >= 4 is 0 Å². The third-order valence-corrected chi connectivity index (χ3v) is 2.93. The van der Waals surface area contributed by atoms with E-state index in [0.717, 1.165) is 41.9 Å². The highest BCUT2D eigenvalue weighted by Crippen LogP contribution is 2.34. The molecule has 2 nitrogen and oxygen atoms in total. The SMILES string of the molecule is CCc1c(O)cc(C)c(OCC(C)C)c1CC. The second kappa shape index (κ2) is 5.95. The Balaban J connectivity index is 3.17. The molecule has 0 atom stereocenters. The monoisotopic (exact) mass is 236 g/mol. The van der Waals surface area contributed by atoms with Crippen LogP contribution < -0.4 is 4.74 Å². The third kappa shape index (κ3) is 3.15. The smallest absolute Gasteiger partial charge is 0.125 e. The number of aromatic hydroxyl groups is 1. The molecule has 0 aliphatic heterocycles. The highest BCUT2D eigenvalue weighted by Gasteiger charge is 2.15. The topological polar surface area (TPSA) is 29.5 Å². The zero-order valence-electron chi connectivity index (χ0n) is 11.6. The Kier molecular flexibility index (Phi) is 4.86. The second-order valence-corrected chi connectivity index (χ2v) is 4.91. The van der Waals surface area contributed by atoms with Gasteiger partial charge in [-0.25, -0.2) is 0 Å². The van der Waals surface area contributed by atoms with Gasteiger partial charge in [0.15, 0.2) is 0 Å². The first-order valence-corrected chi connectivity index (χ1v) is 6.48. The standard InChI is InChI=1S/C15H24O2/c1-6-12-13(7-2)15(17-9-10(3)4)11(5)8-14(12)16/h8,10,16H,6-7,9H2,1-5H3. The molecule has 1 aromatic rings. The molecule has 96 valence electrons. The molecule has 0 fully saturated rings. The van der Waals surface area contributed by atoms with E-state index in [1.54, 1.807) is 0 Å². The van der Waals surface area contributed by atoms with Crippen LogP contribution in [0.1, 0.15) is 44.4 Å². The molecule has 0 radical (unpaired) electrons. The van der Waals surface area contributed by atoms with Gasteiger partial charge in [-0.3, -0.25) is 0 Å². The maximum Gasteiger partial charge on any atom is 0.125 e. The van der Waals surface area contributed by atoms with E-state index in [2.05, 4.69) is 27.7 Å². The van der Waals surface area contributed by atoms with E-state index in [0.29, 0.717) is 11.7 Å². The van der Waals surface area contributed by atoms with E-state index < -0.39 is 0 Å². The molecule has 0 aliphatic carbocycles. The minimum atomic E-state index is 0.402. The number of benzene rings is 1. The van der Waals surface area contributed by atoms with Gasteiger partial charge in [-0.05, 0) is 37.3 Å². The van der Waals surface area contributed by atoms with E-state index in [1.807, 2.05) is 13.0 Å². The Bertz CT molecular complexity index is 381. The highest BCUT2D eigenvalue weighted by molar-refractivity contribution is 5.52. The molecule has 1 aromatic carbocycles. The predicted molar refractivity (Wildman–Crippen MR) is 71.9 cm³/mol. The average molecular weight is 236 g/mol. The summed E-state index contributed by atoms with van der Waals surface area (Å²) in [6.45, 7) is 11.2. The molecule has 1 rings (SSSR count). The van der Waals surface area contributed by atoms with Gasteiger partial charge in [-0.2, -0.15) is 0 Å². The molecule has 0 unspecified atom stereocenters. The summed E-state index contributed by atoms with van der Waals surface area (Å²) >= 11 is 0. The van der Waals surface area contributed by atoms with Gasteiger partial charge in [-0.15, -0.1) is 0 Å². The zero-order valence-corrected chi connectivity index (χ0v) is 11.6. The highest BCUT2D eigenvalue weighted by atomic mass is 16.5. The Morgan fingerprint density at radius 3 is 2.24 bits per heavy atom. The van der Waals surface area contributed by atoms with Crippen molar-refractivity contribution in [3.05, 3.63) is 22.8 Å². The fraction of sp³-hybridized carbons (Fsp3) is 0.600. The lowest BCUT2D eigenvalue weighted by Gasteiger charge is -2.19. The van der Waals surface area contributed by atoms with E-state index >= 15 is 0 Å². The summed E-state index contributed by atoms with van der Waals surface area (Å²) < 4.78 is 5.91.